The zero-order valence-corrected chi connectivity index (χ0v) is 17.5. The van der Waals surface area contributed by atoms with Crippen molar-refractivity contribution >= 4 is 16.9 Å². The number of hydrogen-bond donors (Lipinski definition) is 1. The van der Waals surface area contributed by atoms with Gasteiger partial charge in [-0.15, -0.1) is 0 Å². The molecule has 1 aromatic heterocycles. The minimum Gasteiger partial charge on any atom is -0.352 e. The second-order valence-electron chi connectivity index (χ2n) is 7.63. The SMILES string of the molecule is C=C(C)C(=O)NCCc1nc2ccccc2n1Cc1c(C)c(C)cc(C)c1C. The van der Waals surface area contributed by atoms with Crippen molar-refractivity contribution in [3.05, 3.63) is 76.1 Å². The largest absolute Gasteiger partial charge is 0.352 e. The minimum atomic E-state index is -0.108. The summed E-state index contributed by atoms with van der Waals surface area (Å²) >= 11 is 0. The third kappa shape index (κ3) is 3.86. The van der Waals surface area contributed by atoms with Gasteiger partial charge in [-0.05, 0) is 74.6 Å². The third-order valence-corrected chi connectivity index (χ3v) is 5.59. The Morgan fingerprint density at radius 3 is 2.39 bits per heavy atom. The molecule has 3 rings (SSSR count). The quantitative estimate of drug-likeness (QED) is 0.642. The maximum absolute atomic E-state index is 11.8. The molecule has 1 heterocycles. The highest BCUT2D eigenvalue weighted by Gasteiger charge is 2.15. The molecule has 0 unspecified atom stereocenters. The molecule has 0 aliphatic carbocycles. The standard InChI is InChI=1S/C24H29N3O/c1-15(2)24(28)25-12-11-23-26-21-9-7-8-10-22(21)27(23)14-20-18(5)16(3)13-17(4)19(20)6/h7-10,13H,1,11-12,14H2,2-6H3,(H,25,28). The molecule has 4 nitrogen and oxygen atoms in total. The van der Waals surface area contributed by atoms with Crippen molar-refractivity contribution < 1.29 is 4.79 Å². The second kappa shape index (κ2) is 8.01. The molecule has 1 N–H and O–H groups in total. The number of rotatable bonds is 6. The fourth-order valence-electron chi connectivity index (χ4n) is 3.63. The highest BCUT2D eigenvalue weighted by molar-refractivity contribution is 5.92. The summed E-state index contributed by atoms with van der Waals surface area (Å²) < 4.78 is 2.29. The molecule has 0 spiro atoms. The van der Waals surface area contributed by atoms with E-state index in [1.54, 1.807) is 6.92 Å². The number of benzene rings is 2. The lowest BCUT2D eigenvalue weighted by atomic mass is 9.94. The molecule has 4 heteroatoms. The van der Waals surface area contributed by atoms with Gasteiger partial charge in [0.05, 0.1) is 11.0 Å². The molecule has 0 saturated carbocycles. The molecule has 1 amide bonds. The van der Waals surface area contributed by atoms with Crippen LogP contribution in [0.5, 0.6) is 0 Å². The predicted molar refractivity (Wildman–Crippen MR) is 116 cm³/mol. The van der Waals surface area contributed by atoms with Crippen molar-refractivity contribution in [2.24, 2.45) is 0 Å². The van der Waals surface area contributed by atoms with Gasteiger partial charge in [-0.2, -0.15) is 0 Å². The highest BCUT2D eigenvalue weighted by Crippen LogP contribution is 2.25. The van der Waals surface area contributed by atoms with Crippen molar-refractivity contribution in [2.45, 2.75) is 47.6 Å². The van der Waals surface area contributed by atoms with Crippen molar-refractivity contribution in [1.82, 2.24) is 14.9 Å². The van der Waals surface area contributed by atoms with Gasteiger partial charge in [0.2, 0.25) is 5.91 Å². The first kappa shape index (κ1) is 19.9. The molecule has 2 aromatic carbocycles. The van der Waals surface area contributed by atoms with E-state index >= 15 is 0 Å². The van der Waals surface area contributed by atoms with Gasteiger partial charge in [0.15, 0.2) is 0 Å². The number of aryl methyl sites for hydroxylation is 2. The summed E-state index contributed by atoms with van der Waals surface area (Å²) in [4.78, 5) is 16.7. The topological polar surface area (TPSA) is 46.9 Å². The van der Waals surface area contributed by atoms with Gasteiger partial charge in [-0.25, -0.2) is 4.98 Å². The van der Waals surface area contributed by atoms with Crippen LogP contribution in [-0.4, -0.2) is 22.0 Å². The van der Waals surface area contributed by atoms with Gasteiger partial charge in [-0.1, -0.05) is 24.8 Å². The van der Waals surface area contributed by atoms with Crippen molar-refractivity contribution in [3.63, 3.8) is 0 Å². The van der Waals surface area contributed by atoms with E-state index in [1.807, 2.05) is 18.2 Å². The van der Waals surface area contributed by atoms with Crippen LogP contribution in [0.3, 0.4) is 0 Å². The molecule has 0 aliphatic heterocycles. The third-order valence-electron chi connectivity index (χ3n) is 5.59. The van der Waals surface area contributed by atoms with E-state index in [0.29, 0.717) is 18.5 Å². The minimum absolute atomic E-state index is 0.108. The number of para-hydroxylation sites is 2. The molecule has 28 heavy (non-hydrogen) atoms. The van der Waals surface area contributed by atoms with Crippen LogP contribution in [0, 0.1) is 27.7 Å². The van der Waals surface area contributed by atoms with Crippen LogP contribution in [0.1, 0.15) is 40.6 Å². The Kier molecular flexibility index (Phi) is 5.68. The molecule has 0 aliphatic rings. The normalized spacial score (nSPS) is 11.0. The van der Waals surface area contributed by atoms with Crippen LogP contribution in [0.25, 0.3) is 11.0 Å². The van der Waals surface area contributed by atoms with E-state index in [2.05, 4.69) is 56.3 Å². The lowest BCUT2D eigenvalue weighted by molar-refractivity contribution is -0.117. The highest BCUT2D eigenvalue weighted by atomic mass is 16.1. The van der Waals surface area contributed by atoms with E-state index < -0.39 is 0 Å². The van der Waals surface area contributed by atoms with Gasteiger partial charge in [-0.3, -0.25) is 4.79 Å². The molecule has 0 saturated heterocycles. The number of carbonyl (C=O) groups excluding carboxylic acids is 1. The van der Waals surface area contributed by atoms with E-state index in [9.17, 15) is 4.79 Å². The molecule has 0 bridgehead atoms. The van der Waals surface area contributed by atoms with Crippen molar-refractivity contribution in [3.8, 4) is 0 Å². The number of amides is 1. The zero-order chi connectivity index (χ0) is 20.4. The molecule has 146 valence electrons. The summed E-state index contributed by atoms with van der Waals surface area (Å²) in [7, 11) is 0. The Morgan fingerprint density at radius 1 is 1.11 bits per heavy atom. The summed E-state index contributed by atoms with van der Waals surface area (Å²) in [5.41, 5.74) is 9.30. The number of nitrogens with zero attached hydrogens (tertiary/aromatic N) is 2. The maximum Gasteiger partial charge on any atom is 0.246 e. The lowest BCUT2D eigenvalue weighted by Gasteiger charge is -2.18. The number of imidazole rings is 1. The predicted octanol–water partition coefficient (Wildman–Crippen LogP) is 4.55. The summed E-state index contributed by atoms with van der Waals surface area (Å²) in [6.07, 6.45) is 0.677. The van der Waals surface area contributed by atoms with Crippen molar-refractivity contribution in [2.75, 3.05) is 6.54 Å². The fraction of sp³-hybridized carbons (Fsp3) is 0.333. The molecule has 0 radical (unpaired) electrons. The Bertz CT molecular complexity index is 1030. The Hall–Kier alpha value is -2.88. The summed E-state index contributed by atoms with van der Waals surface area (Å²) in [5.74, 6) is 0.879. The number of fused-ring (bicyclic) bond motifs is 1. The molecular formula is C24H29N3O. The summed E-state index contributed by atoms with van der Waals surface area (Å²) in [6, 6.07) is 10.5. The average Bonchev–Trinajstić information content (AvgIpc) is 3.00. The van der Waals surface area contributed by atoms with E-state index in [-0.39, 0.29) is 5.91 Å². The van der Waals surface area contributed by atoms with Crippen LogP contribution in [0.2, 0.25) is 0 Å². The van der Waals surface area contributed by atoms with Gasteiger partial charge in [0.25, 0.3) is 0 Å². The Morgan fingerprint density at radius 2 is 1.75 bits per heavy atom. The maximum atomic E-state index is 11.8. The zero-order valence-electron chi connectivity index (χ0n) is 17.5. The van der Waals surface area contributed by atoms with Gasteiger partial charge in [0, 0.05) is 25.1 Å². The lowest BCUT2D eigenvalue weighted by Crippen LogP contribution is -2.26. The van der Waals surface area contributed by atoms with E-state index in [4.69, 9.17) is 4.98 Å². The molecule has 3 aromatic rings. The van der Waals surface area contributed by atoms with E-state index in [1.165, 1.54) is 27.8 Å². The number of aromatic nitrogens is 2. The Balaban J connectivity index is 1.98. The van der Waals surface area contributed by atoms with Crippen LogP contribution < -0.4 is 5.32 Å². The first-order chi connectivity index (χ1) is 13.3. The number of hydrogen-bond acceptors (Lipinski definition) is 2. The number of carbonyl (C=O) groups is 1. The summed E-state index contributed by atoms with van der Waals surface area (Å²) in [5, 5.41) is 2.92. The fourth-order valence-corrected chi connectivity index (χ4v) is 3.63. The molecule has 0 atom stereocenters. The Labute approximate surface area is 167 Å². The first-order valence-electron chi connectivity index (χ1n) is 9.73. The van der Waals surface area contributed by atoms with Gasteiger partial charge >= 0.3 is 0 Å². The second-order valence-corrected chi connectivity index (χ2v) is 7.63. The smallest absolute Gasteiger partial charge is 0.246 e. The molecule has 0 fully saturated rings. The van der Waals surface area contributed by atoms with E-state index in [0.717, 1.165) is 23.4 Å². The van der Waals surface area contributed by atoms with Crippen LogP contribution in [0.4, 0.5) is 0 Å². The van der Waals surface area contributed by atoms with Crippen molar-refractivity contribution in [1.29, 1.82) is 0 Å². The van der Waals surface area contributed by atoms with Gasteiger partial charge in [0.1, 0.15) is 5.82 Å². The van der Waals surface area contributed by atoms with Crippen LogP contribution in [-0.2, 0) is 17.8 Å². The summed E-state index contributed by atoms with van der Waals surface area (Å²) in [6.45, 7) is 15.5. The number of nitrogens with one attached hydrogen (secondary N) is 1. The first-order valence-corrected chi connectivity index (χ1v) is 9.73. The van der Waals surface area contributed by atoms with Crippen LogP contribution in [0.15, 0.2) is 42.5 Å². The average molecular weight is 376 g/mol. The van der Waals surface area contributed by atoms with Gasteiger partial charge < -0.3 is 9.88 Å². The van der Waals surface area contributed by atoms with Crippen LogP contribution >= 0.6 is 0 Å². The molecular weight excluding hydrogens is 346 g/mol. The monoisotopic (exact) mass is 375 g/mol.